The summed E-state index contributed by atoms with van der Waals surface area (Å²) in [5, 5.41) is 9.17. The Kier molecular flexibility index (Phi) is 3.83. The summed E-state index contributed by atoms with van der Waals surface area (Å²) in [7, 11) is -3.38. The second-order valence-electron chi connectivity index (χ2n) is 5.01. The van der Waals surface area contributed by atoms with Crippen LogP contribution in [0.15, 0.2) is 0 Å². The molecule has 0 aliphatic carbocycles. The van der Waals surface area contributed by atoms with Crippen LogP contribution < -0.4 is 0 Å². The molecule has 112 valence electrons. The van der Waals surface area contributed by atoms with E-state index in [2.05, 4.69) is 0 Å². The molecule has 2 fully saturated rings. The maximum Gasteiger partial charge on any atom is 0.326 e. The predicted molar refractivity (Wildman–Crippen MR) is 65.5 cm³/mol. The minimum atomic E-state index is -3.38. The minimum absolute atomic E-state index is 0.314. The summed E-state index contributed by atoms with van der Waals surface area (Å²) >= 11 is 0. The lowest BCUT2D eigenvalue weighted by Crippen LogP contribution is -2.58. The number of carbonyl (C=O) groups is 3. The average molecular weight is 305 g/mol. The molecular weight excluding hydrogens is 290 g/mol. The first kappa shape index (κ1) is 14.9. The number of ether oxygens (including phenoxy) is 1. The van der Waals surface area contributed by atoms with Crippen molar-refractivity contribution >= 4 is 27.6 Å². The molecule has 2 amide bonds. The van der Waals surface area contributed by atoms with Gasteiger partial charge in [-0.05, 0) is 19.3 Å². The summed E-state index contributed by atoms with van der Waals surface area (Å²) in [6.45, 7) is 0. The van der Waals surface area contributed by atoms with Gasteiger partial charge in [0.15, 0.2) is 0 Å². The lowest BCUT2D eigenvalue weighted by atomic mass is 10.1. The van der Waals surface area contributed by atoms with E-state index in [1.54, 1.807) is 0 Å². The zero-order valence-electron chi connectivity index (χ0n) is 10.8. The van der Waals surface area contributed by atoms with Crippen molar-refractivity contribution in [3.8, 4) is 0 Å². The Labute approximate surface area is 115 Å². The van der Waals surface area contributed by atoms with Crippen molar-refractivity contribution in [2.75, 3.05) is 12.0 Å². The molecule has 20 heavy (non-hydrogen) atoms. The lowest BCUT2D eigenvalue weighted by molar-refractivity contribution is -0.176. The highest BCUT2D eigenvalue weighted by molar-refractivity contribution is 7.90. The van der Waals surface area contributed by atoms with E-state index in [9.17, 15) is 22.8 Å². The summed E-state index contributed by atoms with van der Waals surface area (Å²) in [4.78, 5) is 36.0. The largest absolute Gasteiger partial charge is 0.480 e. The molecule has 1 N–H and O–H groups in total. The normalized spacial score (nSPS) is 27.8. The number of imide groups is 1. The Morgan fingerprint density at radius 3 is 2.25 bits per heavy atom. The number of morpholine rings is 1. The molecule has 2 heterocycles. The first-order chi connectivity index (χ1) is 9.20. The molecule has 0 radical (unpaired) electrons. The molecule has 2 saturated heterocycles. The van der Waals surface area contributed by atoms with Gasteiger partial charge in [-0.2, -0.15) is 0 Å². The number of likely N-dealkylation sites (tertiary alicyclic amines) is 1. The fourth-order valence-electron chi connectivity index (χ4n) is 2.42. The van der Waals surface area contributed by atoms with Crippen LogP contribution in [-0.2, 0) is 29.0 Å². The molecule has 3 atom stereocenters. The number of nitrogens with zero attached hydrogens (tertiary/aromatic N) is 1. The van der Waals surface area contributed by atoms with Gasteiger partial charge in [-0.25, -0.2) is 13.2 Å². The molecular formula is C11H15NO7S. The van der Waals surface area contributed by atoms with Crippen molar-refractivity contribution in [2.45, 2.75) is 37.5 Å². The van der Waals surface area contributed by atoms with Crippen molar-refractivity contribution in [1.82, 2.24) is 4.90 Å². The minimum Gasteiger partial charge on any atom is -0.480 e. The number of carboxylic acids is 1. The van der Waals surface area contributed by atoms with Gasteiger partial charge in [-0.3, -0.25) is 14.5 Å². The van der Waals surface area contributed by atoms with Crippen LogP contribution in [0.1, 0.15) is 19.3 Å². The molecule has 2 aliphatic heterocycles. The van der Waals surface area contributed by atoms with E-state index in [-0.39, 0.29) is 6.42 Å². The van der Waals surface area contributed by atoms with Crippen LogP contribution in [0, 0.1) is 0 Å². The van der Waals surface area contributed by atoms with Crippen LogP contribution in [0.2, 0.25) is 0 Å². The highest BCUT2D eigenvalue weighted by Crippen LogP contribution is 2.30. The molecule has 9 heteroatoms. The number of sulfone groups is 1. The number of hydrogen-bond donors (Lipinski definition) is 1. The number of rotatable bonds is 5. The van der Waals surface area contributed by atoms with E-state index in [0.29, 0.717) is 17.7 Å². The number of amides is 2. The van der Waals surface area contributed by atoms with Crippen LogP contribution in [0.4, 0.5) is 0 Å². The van der Waals surface area contributed by atoms with Crippen LogP contribution in [-0.4, -0.2) is 66.5 Å². The van der Waals surface area contributed by atoms with Crippen molar-refractivity contribution < 1.29 is 32.6 Å². The lowest BCUT2D eigenvalue weighted by Gasteiger charge is -2.33. The molecule has 0 aromatic rings. The summed E-state index contributed by atoms with van der Waals surface area (Å²) < 4.78 is 27.5. The van der Waals surface area contributed by atoms with Crippen LogP contribution >= 0.6 is 0 Å². The van der Waals surface area contributed by atoms with Crippen molar-refractivity contribution in [3.63, 3.8) is 0 Å². The van der Waals surface area contributed by atoms with Crippen LogP contribution in [0.25, 0.3) is 0 Å². The SMILES string of the molecule is CS(=O)(=O)CCC(C(=O)O)N1C(=O)C2CCC(O2)C1=O. The number of fused-ring (bicyclic) bond motifs is 2. The van der Waals surface area contributed by atoms with Gasteiger partial charge in [0.1, 0.15) is 28.1 Å². The average Bonchev–Trinajstić information content (AvgIpc) is 2.76. The van der Waals surface area contributed by atoms with Gasteiger partial charge < -0.3 is 9.84 Å². The van der Waals surface area contributed by atoms with Crippen molar-refractivity contribution in [2.24, 2.45) is 0 Å². The molecule has 0 saturated carbocycles. The highest BCUT2D eigenvalue weighted by Gasteiger charge is 2.50. The smallest absolute Gasteiger partial charge is 0.326 e. The number of carbonyl (C=O) groups excluding carboxylic acids is 2. The summed E-state index contributed by atoms with van der Waals surface area (Å²) in [5.41, 5.74) is 0. The second-order valence-corrected chi connectivity index (χ2v) is 7.27. The Hall–Kier alpha value is -1.48. The monoisotopic (exact) mass is 305 g/mol. The molecule has 0 aromatic heterocycles. The van der Waals surface area contributed by atoms with Gasteiger partial charge in [0, 0.05) is 6.26 Å². The van der Waals surface area contributed by atoms with E-state index in [0.717, 1.165) is 6.26 Å². The van der Waals surface area contributed by atoms with E-state index < -0.39 is 51.6 Å². The number of hydrogen-bond acceptors (Lipinski definition) is 6. The number of aliphatic carboxylic acids is 1. The molecule has 0 aromatic carbocycles. The van der Waals surface area contributed by atoms with Crippen molar-refractivity contribution in [3.05, 3.63) is 0 Å². The number of carboxylic acid groups (broad SMARTS) is 1. The first-order valence-corrected chi connectivity index (χ1v) is 8.19. The van der Waals surface area contributed by atoms with Gasteiger partial charge in [0.25, 0.3) is 11.8 Å². The molecule has 8 nitrogen and oxygen atoms in total. The molecule has 3 unspecified atom stereocenters. The fraction of sp³-hybridized carbons (Fsp3) is 0.727. The maximum atomic E-state index is 12.0. The molecule has 0 spiro atoms. The molecule has 2 aliphatic rings. The van der Waals surface area contributed by atoms with Gasteiger partial charge in [0.2, 0.25) is 0 Å². The van der Waals surface area contributed by atoms with Crippen LogP contribution in [0.5, 0.6) is 0 Å². The summed E-state index contributed by atoms with van der Waals surface area (Å²) in [6.07, 6.45) is -0.173. The maximum absolute atomic E-state index is 12.0. The van der Waals surface area contributed by atoms with E-state index in [4.69, 9.17) is 9.84 Å². The van der Waals surface area contributed by atoms with Gasteiger partial charge in [0.05, 0.1) is 5.75 Å². The van der Waals surface area contributed by atoms with Gasteiger partial charge in [-0.1, -0.05) is 0 Å². The topological polar surface area (TPSA) is 118 Å². The van der Waals surface area contributed by atoms with E-state index in [1.165, 1.54) is 0 Å². The van der Waals surface area contributed by atoms with Gasteiger partial charge >= 0.3 is 5.97 Å². The molecule has 2 bridgehead atoms. The second kappa shape index (κ2) is 5.13. The van der Waals surface area contributed by atoms with E-state index >= 15 is 0 Å². The van der Waals surface area contributed by atoms with E-state index in [1.807, 2.05) is 0 Å². The fourth-order valence-corrected chi connectivity index (χ4v) is 3.07. The zero-order valence-corrected chi connectivity index (χ0v) is 11.6. The summed E-state index contributed by atoms with van der Waals surface area (Å²) in [5.74, 6) is -3.18. The third kappa shape index (κ3) is 2.83. The third-order valence-electron chi connectivity index (χ3n) is 3.40. The first-order valence-electron chi connectivity index (χ1n) is 6.13. The standard InChI is InChI=1S/C11H15NO7S/c1-20(17,18)5-4-6(11(15)16)12-9(13)7-2-3-8(19-7)10(12)14/h6-8H,2-5H2,1H3,(H,15,16). The quantitative estimate of drug-likeness (QED) is 0.633. The highest BCUT2D eigenvalue weighted by atomic mass is 32.2. The van der Waals surface area contributed by atoms with Crippen LogP contribution in [0.3, 0.4) is 0 Å². The van der Waals surface area contributed by atoms with Crippen molar-refractivity contribution in [1.29, 1.82) is 0 Å². The van der Waals surface area contributed by atoms with Gasteiger partial charge in [-0.15, -0.1) is 0 Å². The Balaban J connectivity index is 2.22. The Morgan fingerprint density at radius 1 is 1.35 bits per heavy atom. The Bertz CT molecular complexity index is 533. The predicted octanol–water partition coefficient (Wildman–Crippen LogP) is -1.21. The zero-order chi connectivity index (χ0) is 15.1. The third-order valence-corrected chi connectivity index (χ3v) is 4.38. The summed E-state index contributed by atoms with van der Waals surface area (Å²) in [6, 6.07) is -1.46. The Morgan fingerprint density at radius 2 is 1.85 bits per heavy atom. The molecule has 2 rings (SSSR count).